The van der Waals surface area contributed by atoms with Crippen molar-refractivity contribution >= 4 is 20.1 Å². The van der Waals surface area contributed by atoms with Crippen molar-refractivity contribution in [2.75, 3.05) is 33.2 Å². The lowest BCUT2D eigenvalue weighted by atomic mass is 9.80. The first-order valence-electron chi connectivity index (χ1n) is 19.5. The molecule has 1 atom stereocenters. The van der Waals surface area contributed by atoms with Crippen LogP contribution in [0.4, 0.5) is 0 Å². The van der Waals surface area contributed by atoms with Crippen molar-refractivity contribution in [2.45, 2.75) is 83.0 Å². The van der Waals surface area contributed by atoms with Gasteiger partial charge in [0.15, 0.2) is 8.32 Å². The maximum absolute atomic E-state index is 13.8. The van der Waals surface area contributed by atoms with Crippen LogP contribution in [0.1, 0.15) is 55.0 Å². The first kappa shape index (κ1) is 43.7. The fourth-order valence-corrected chi connectivity index (χ4v) is 8.56. The second-order valence-electron chi connectivity index (χ2n) is 15.7. The summed E-state index contributed by atoms with van der Waals surface area (Å²) in [5, 5.41) is 0.0496. The summed E-state index contributed by atoms with van der Waals surface area (Å²) in [6.45, 7) is 14.5. The molecule has 5 aromatic rings. The molecular weight excluding hydrogens is 753 g/mol. The molecule has 9 nitrogen and oxygen atoms in total. The van der Waals surface area contributed by atoms with Gasteiger partial charge in [-0.15, -0.1) is 0 Å². The topological polar surface area (TPSA) is 90.2 Å². The molecule has 0 saturated heterocycles. The second kappa shape index (κ2) is 19.8. The smallest absolute Gasteiger partial charge is 0.332 e. The highest BCUT2D eigenvalue weighted by Gasteiger charge is 2.39. The Bertz CT molecular complexity index is 2070. The fourth-order valence-electron chi connectivity index (χ4n) is 6.42. The number of benzene rings is 4. The van der Waals surface area contributed by atoms with E-state index < -0.39 is 19.6 Å². The number of thioether (sulfide) groups is 1. The van der Waals surface area contributed by atoms with Crippen molar-refractivity contribution in [3.8, 4) is 11.5 Å². The molecule has 0 amide bonds. The Morgan fingerprint density at radius 2 is 1.30 bits per heavy atom. The van der Waals surface area contributed by atoms with Crippen molar-refractivity contribution < 1.29 is 23.4 Å². The number of nitrogens with zero attached hydrogens (tertiary/aromatic N) is 2. The van der Waals surface area contributed by atoms with Crippen LogP contribution in [-0.2, 0) is 39.4 Å². The number of ether oxygens (including phenoxy) is 4. The molecule has 57 heavy (non-hydrogen) atoms. The van der Waals surface area contributed by atoms with Gasteiger partial charge < -0.3 is 27.9 Å². The van der Waals surface area contributed by atoms with Gasteiger partial charge in [-0.05, 0) is 78.0 Å². The van der Waals surface area contributed by atoms with Crippen LogP contribution >= 0.6 is 11.8 Å². The molecular formula is C46H58N2O7SSi. The Balaban J connectivity index is 1.47. The quantitative estimate of drug-likeness (QED) is 0.0438. The zero-order valence-electron chi connectivity index (χ0n) is 34.7. The van der Waals surface area contributed by atoms with Crippen molar-refractivity contribution in [1.29, 1.82) is 0 Å². The van der Waals surface area contributed by atoms with Crippen LogP contribution in [0.5, 0.6) is 11.5 Å². The third-order valence-corrected chi connectivity index (χ3v) is 16.6. The van der Waals surface area contributed by atoms with Gasteiger partial charge in [0.1, 0.15) is 23.8 Å². The van der Waals surface area contributed by atoms with Crippen LogP contribution in [0.25, 0.3) is 0 Å². The van der Waals surface area contributed by atoms with E-state index in [-0.39, 0.29) is 22.6 Å². The van der Waals surface area contributed by atoms with E-state index in [2.05, 4.69) is 70.3 Å². The minimum absolute atomic E-state index is 0.0467. The highest BCUT2D eigenvalue weighted by atomic mass is 32.2. The molecule has 0 aliphatic rings. The predicted octanol–water partition coefficient (Wildman–Crippen LogP) is 9.03. The molecule has 1 heterocycles. The Labute approximate surface area is 343 Å². The van der Waals surface area contributed by atoms with Crippen molar-refractivity contribution in [3.63, 3.8) is 0 Å². The minimum Gasteiger partial charge on any atom is -0.497 e. The molecule has 0 N–H and O–H groups in total. The lowest BCUT2D eigenvalue weighted by Crippen LogP contribution is -2.42. The van der Waals surface area contributed by atoms with E-state index >= 15 is 0 Å². The van der Waals surface area contributed by atoms with Gasteiger partial charge >= 0.3 is 5.69 Å². The summed E-state index contributed by atoms with van der Waals surface area (Å²) in [6.07, 6.45) is 2.26. The number of methoxy groups -OCH3 is 2. The standard InChI is InChI=1S/C46H58N2O7SSi/c1-35-31-47(44(50)48(43(35)49)34-53-32-36-15-11-9-12-16-36)28-27-42(56-30-29-55-57(7,8)45(2,3)4)33-54-46(37-17-13-10-14-18-37,38-19-23-40(51-5)24-20-38)39-21-25-41(52-6)26-22-39/h9-26,31,42H,27-30,32-34H2,1-8H3. The molecule has 1 unspecified atom stereocenters. The van der Waals surface area contributed by atoms with Gasteiger partial charge in [-0.1, -0.05) is 106 Å². The molecule has 0 aliphatic heterocycles. The van der Waals surface area contributed by atoms with Crippen LogP contribution in [0, 0.1) is 6.92 Å². The van der Waals surface area contributed by atoms with E-state index in [1.54, 1.807) is 43.7 Å². The number of aryl methyl sites for hydroxylation is 2. The highest BCUT2D eigenvalue weighted by molar-refractivity contribution is 7.99. The van der Waals surface area contributed by atoms with Crippen molar-refractivity contribution in [3.05, 3.63) is 164 Å². The highest BCUT2D eigenvalue weighted by Crippen LogP contribution is 2.42. The van der Waals surface area contributed by atoms with Gasteiger partial charge in [0, 0.05) is 35.9 Å². The third-order valence-electron chi connectivity index (χ3n) is 10.8. The first-order valence-corrected chi connectivity index (χ1v) is 23.4. The number of rotatable bonds is 20. The molecule has 0 spiro atoms. The van der Waals surface area contributed by atoms with Gasteiger partial charge in [0.2, 0.25) is 0 Å². The molecule has 304 valence electrons. The number of hydrogen-bond donors (Lipinski definition) is 0. The fraction of sp³-hybridized carbons (Fsp3) is 0.391. The summed E-state index contributed by atoms with van der Waals surface area (Å²) >= 11 is 1.78. The molecule has 0 radical (unpaired) electrons. The maximum Gasteiger partial charge on any atom is 0.332 e. The molecule has 1 aromatic heterocycles. The van der Waals surface area contributed by atoms with E-state index in [1.165, 1.54) is 4.57 Å². The van der Waals surface area contributed by atoms with Crippen molar-refractivity contribution in [1.82, 2.24) is 9.13 Å². The Hall–Kier alpha value is -4.39. The Morgan fingerprint density at radius 1 is 0.754 bits per heavy atom. The first-order chi connectivity index (χ1) is 27.3. The van der Waals surface area contributed by atoms with Crippen LogP contribution in [0.15, 0.2) is 125 Å². The minimum atomic E-state index is -1.96. The predicted molar refractivity (Wildman–Crippen MR) is 233 cm³/mol. The lowest BCUT2D eigenvalue weighted by molar-refractivity contribution is 0.0126. The van der Waals surface area contributed by atoms with Gasteiger partial charge in [-0.2, -0.15) is 11.8 Å². The SMILES string of the molecule is COc1ccc(C(OCC(CCn2cc(C)c(=O)n(COCc3ccccc3)c2=O)SCCO[Si](C)(C)C(C)(C)C)(c2ccccc2)c2ccc(OC)cc2)cc1. The van der Waals surface area contributed by atoms with Crippen LogP contribution in [-0.4, -0.2) is 55.9 Å². The number of aromatic nitrogens is 2. The average molecular weight is 811 g/mol. The molecule has 0 bridgehead atoms. The van der Waals surface area contributed by atoms with Gasteiger partial charge in [-0.25, -0.2) is 9.36 Å². The largest absolute Gasteiger partial charge is 0.497 e. The Kier molecular flexibility index (Phi) is 15.2. The summed E-state index contributed by atoms with van der Waals surface area (Å²) in [4.78, 5) is 27.0. The van der Waals surface area contributed by atoms with Gasteiger partial charge in [-0.3, -0.25) is 4.79 Å². The van der Waals surface area contributed by atoms with E-state index in [1.807, 2.05) is 72.8 Å². The van der Waals surface area contributed by atoms with E-state index in [4.69, 9.17) is 23.4 Å². The maximum atomic E-state index is 13.8. The third kappa shape index (κ3) is 11.0. The van der Waals surface area contributed by atoms with Crippen LogP contribution < -0.4 is 20.7 Å². The second-order valence-corrected chi connectivity index (χ2v) is 21.9. The molecule has 0 fully saturated rings. The molecule has 11 heteroatoms. The van der Waals surface area contributed by atoms with Crippen LogP contribution in [0.2, 0.25) is 18.1 Å². The number of hydrogen-bond acceptors (Lipinski definition) is 8. The van der Waals surface area contributed by atoms with E-state index in [0.29, 0.717) is 38.3 Å². The summed E-state index contributed by atoms with van der Waals surface area (Å²) in [5.74, 6) is 2.25. The molecule has 0 aliphatic carbocycles. The molecule has 4 aromatic carbocycles. The normalized spacial score (nSPS) is 12.7. The molecule has 0 saturated carbocycles. The van der Waals surface area contributed by atoms with Gasteiger partial charge in [0.05, 0.1) is 27.4 Å². The average Bonchev–Trinajstić information content (AvgIpc) is 3.22. The monoisotopic (exact) mass is 810 g/mol. The zero-order valence-corrected chi connectivity index (χ0v) is 36.5. The summed E-state index contributed by atoms with van der Waals surface area (Å²) in [5.41, 5.74) is 2.55. The summed E-state index contributed by atoms with van der Waals surface area (Å²) < 4.78 is 33.7. The summed E-state index contributed by atoms with van der Waals surface area (Å²) in [7, 11) is 1.36. The molecule has 5 rings (SSSR count). The van der Waals surface area contributed by atoms with E-state index in [9.17, 15) is 9.59 Å². The summed E-state index contributed by atoms with van der Waals surface area (Å²) in [6, 6.07) is 36.0. The van der Waals surface area contributed by atoms with Crippen molar-refractivity contribution in [2.24, 2.45) is 0 Å². The zero-order chi connectivity index (χ0) is 41.1. The lowest BCUT2D eigenvalue weighted by Gasteiger charge is -2.37. The Morgan fingerprint density at radius 3 is 1.84 bits per heavy atom. The van der Waals surface area contributed by atoms with E-state index in [0.717, 1.165) is 39.5 Å². The van der Waals surface area contributed by atoms with Crippen LogP contribution in [0.3, 0.4) is 0 Å². The van der Waals surface area contributed by atoms with Gasteiger partial charge in [0.25, 0.3) is 5.56 Å².